The van der Waals surface area contributed by atoms with Crippen molar-refractivity contribution in [2.24, 2.45) is 5.92 Å². The topological polar surface area (TPSA) is 17.1 Å². The van der Waals surface area contributed by atoms with Crippen LogP contribution in [0.1, 0.15) is 32.1 Å². The van der Waals surface area contributed by atoms with E-state index in [9.17, 15) is 4.79 Å². The first-order chi connectivity index (χ1) is 4.93. The summed E-state index contributed by atoms with van der Waals surface area (Å²) >= 11 is 3.03. The Balaban J connectivity index is 0.000000371. The number of thiol groups is 1. The van der Waals surface area contributed by atoms with Gasteiger partial charge in [-0.05, 0) is 12.8 Å². The van der Waals surface area contributed by atoms with E-state index in [1.165, 1.54) is 19.3 Å². The van der Waals surface area contributed by atoms with Crippen LogP contribution in [0.4, 0.5) is 0 Å². The van der Waals surface area contributed by atoms with Crippen molar-refractivity contribution in [1.29, 1.82) is 0 Å². The lowest BCUT2D eigenvalue weighted by Gasteiger charge is -2.14. The maximum atomic E-state index is 10.2. The molecule has 0 atom stereocenters. The molecule has 1 rings (SSSR count). The van der Waals surface area contributed by atoms with E-state index in [4.69, 9.17) is 0 Å². The van der Waals surface area contributed by atoms with E-state index in [-0.39, 0.29) is 0 Å². The van der Waals surface area contributed by atoms with Crippen molar-refractivity contribution in [1.82, 2.24) is 0 Å². The molecule has 0 saturated heterocycles. The van der Waals surface area contributed by atoms with Gasteiger partial charge in [0.25, 0.3) is 0 Å². The van der Waals surface area contributed by atoms with Crippen LogP contribution in [0.5, 0.6) is 0 Å². The third-order valence-electron chi connectivity index (χ3n) is 1.84. The van der Waals surface area contributed by atoms with Crippen molar-refractivity contribution >= 4 is 25.9 Å². The molecule has 1 saturated carbocycles. The molecule has 0 aromatic heterocycles. The summed E-state index contributed by atoms with van der Waals surface area (Å²) < 4.78 is 0. The first kappa shape index (κ1) is 10.1. The van der Waals surface area contributed by atoms with E-state index < -0.39 is 0 Å². The molecule has 0 bridgehead atoms. The largest absolute Gasteiger partial charge is 0.303 e. The van der Waals surface area contributed by atoms with Crippen LogP contribution in [0.2, 0.25) is 0 Å². The Kier molecular flexibility index (Phi) is 7.26. The summed E-state index contributed by atoms with van der Waals surface area (Å²) in [7, 11) is 4.19. The summed E-state index contributed by atoms with van der Waals surface area (Å²) in [6, 6.07) is 0. The predicted molar refractivity (Wildman–Crippen MR) is 47.4 cm³/mol. The van der Waals surface area contributed by atoms with Gasteiger partial charge in [0.1, 0.15) is 6.29 Å². The molecule has 2 radical (unpaired) electrons. The van der Waals surface area contributed by atoms with E-state index in [0.717, 1.165) is 19.1 Å². The molecule has 1 aliphatic rings. The fraction of sp³-hybridized carbons (Fsp3) is 0.857. The number of hydrogen-bond donors (Lipinski definition) is 1. The summed E-state index contributed by atoms with van der Waals surface area (Å²) in [5.74, 6) is 0.406. The van der Waals surface area contributed by atoms with Gasteiger partial charge in [-0.1, -0.05) is 19.3 Å². The second-order valence-electron chi connectivity index (χ2n) is 2.53. The molecule has 1 nitrogen and oxygen atoms in total. The molecule has 3 heteroatoms. The van der Waals surface area contributed by atoms with Crippen LogP contribution in [0.3, 0.4) is 0 Å². The number of rotatable bonds is 1. The lowest BCUT2D eigenvalue weighted by molar-refractivity contribution is -0.111. The number of carbonyl (C=O) groups is 1. The summed E-state index contributed by atoms with van der Waals surface area (Å²) in [6.07, 6.45) is 7.27. The summed E-state index contributed by atoms with van der Waals surface area (Å²) in [4.78, 5) is 10.2. The standard InChI is InChI=1S/C7H12O.BHS/c8-6-7-4-2-1-3-5-7;1-2/h6-7H,1-5H2;2H. The van der Waals surface area contributed by atoms with Gasteiger partial charge in [-0.2, -0.15) is 0 Å². The van der Waals surface area contributed by atoms with Crippen molar-refractivity contribution in [2.45, 2.75) is 32.1 Å². The highest BCUT2D eigenvalue weighted by Gasteiger charge is 2.10. The summed E-state index contributed by atoms with van der Waals surface area (Å²) in [5.41, 5.74) is 0. The molecule has 0 unspecified atom stereocenters. The number of carbonyl (C=O) groups excluding carboxylic acids is 1. The molecule has 0 heterocycles. The first-order valence-electron chi connectivity index (χ1n) is 3.64. The maximum absolute atomic E-state index is 10.2. The molecule has 0 N–H and O–H groups in total. The average molecular weight is 156 g/mol. The van der Waals surface area contributed by atoms with Crippen molar-refractivity contribution in [3.63, 3.8) is 0 Å². The Labute approximate surface area is 69.3 Å². The lowest BCUT2D eigenvalue weighted by Crippen LogP contribution is -2.06. The van der Waals surface area contributed by atoms with Crippen LogP contribution in [0.15, 0.2) is 0 Å². The van der Waals surface area contributed by atoms with Gasteiger partial charge in [-0.3, -0.25) is 0 Å². The maximum Gasteiger partial charge on any atom is 0.156 e. The zero-order valence-electron chi connectivity index (χ0n) is 6.12. The fourth-order valence-corrected chi connectivity index (χ4v) is 1.27. The Morgan fingerprint density at radius 3 is 2.00 bits per heavy atom. The van der Waals surface area contributed by atoms with Crippen molar-refractivity contribution in [3.8, 4) is 0 Å². The molecule has 56 valence electrons. The SMILES string of the molecule is O=CC1CCCCC1.[B]S. The zero-order chi connectivity index (χ0) is 7.82. The highest BCUT2D eigenvalue weighted by Crippen LogP contribution is 2.21. The van der Waals surface area contributed by atoms with Gasteiger partial charge >= 0.3 is 0 Å². The monoisotopic (exact) mass is 156 g/mol. The minimum absolute atomic E-state index is 0.406. The molecule has 0 aliphatic heterocycles. The van der Waals surface area contributed by atoms with Gasteiger partial charge in [0.2, 0.25) is 0 Å². The smallest absolute Gasteiger partial charge is 0.156 e. The molecule has 0 amide bonds. The molecule has 0 aromatic carbocycles. The number of hydrogen-bond acceptors (Lipinski definition) is 2. The van der Waals surface area contributed by atoms with Crippen molar-refractivity contribution in [3.05, 3.63) is 0 Å². The third kappa shape index (κ3) is 3.99. The van der Waals surface area contributed by atoms with Crippen LogP contribution < -0.4 is 0 Å². The molecule has 0 aromatic rings. The van der Waals surface area contributed by atoms with Crippen LogP contribution in [0.25, 0.3) is 0 Å². The molecular formula is C7H13BOS. The van der Waals surface area contributed by atoms with Crippen molar-refractivity contribution < 1.29 is 4.79 Å². The van der Waals surface area contributed by atoms with Gasteiger partial charge in [-0.15, -0.1) is 0 Å². The second-order valence-corrected chi connectivity index (χ2v) is 2.53. The average Bonchev–Trinajstić information content (AvgIpc) is 2.10. The lowest BCUT2D eigenvalue weighted by atomic mass is 9.91. The van der Waals surface area contributed by atoms with Crippen LogP contribution in [-0.4, -0.2) is 13.4 Å². The highest BCUT2D eigenvalue weighted by atomic mass is 32.1. The molecule has 0 spiro atoms. The number of aldehydes is 1. The van der Waals surface area contributed by atoms with E-state index in [1.807, 2.05) is 0 Å². The fourth-order valence-electron chi connectivity index (χ4n) is 1.27. The van der Waals surface area contributed by atoms with Gasteiger partial charge in [0.05, 0.1) is 0 Å². The summed E-state index contributed by atoms with van der Waals surface area (Å²) in [5, 5.41) is 0. The Morgan fingerprint density at radius 2 is 1.70 bits per heavy atom. The van der Waals surface area contributed by atoms with Crippen LogP contribution in [-0.2, 0) is 4.79 Å². The van der Waals surface area contributed by atoms with Gasteiger partial charge in [0, 0.05) is 5.92 Å². The Morgan fingerprint density at radius 1 is 1.20 bits per heavy atom. The second kappa shape index (κ2) is 7.20. The Bertz CT molecular complexity index is 81.7. The normalized spacial score (nSPS) is 18.9. The van der Waals surface area contributed by atoms with E-state index in [1.54, 1.807) is 0 Å². The molecular weight excluding hydrogens is 143 g/mol. The van der Waals surface area contributed by atoms with Crippen molar-refractivity contribution in [2.75, 3.05) is 0 Å². The van der Waals surface area contributed by atoms with E-state index >= 15 is 0 Å². The third-order valence-corrected chi connectivity index (χ3v) is 1.84. The highest BCUT2D eigenvalue weighted by molar-refractivity contribution is 8.03. The molecule has 1 fully saturated rings. The van der Waals surface area contributed by atoms with E-state index in [0.29, 0.717) is 5.92 Å². The quantitative estimate of drug-likeness (QED) is 0.347. The zero-order valence-corrected chi connectivity index (χ0v) is 7.02. The van der Waals surface area contributed by atoms with Crippen LogP contribution >= 0.6 is 12.5 Å². The van der Waals surface area contributed by atoms with Gasteiger partial charge in [0.15, 0.2) is 7.12 Å². The minimum Gasteiger partial charge on any atom is -0.303 e. The summed E-state index contributed by atoms with van der Waals surface area (Å²) in [6.45, 7) is 0. The van der Waals surface area contributed by atoms with Gasteiger partial charge < -0.3 is 4.79 Å². The van der Waals surface area contributed by atoms with Crippen LogP contribution in [0, 0.1) is 5.92 Å². The van der Waals surface area contributed by atoms with E-state index in [2.05, 4.69) is 19.6 Å². The molecule has 10 heavy (non-hydrogen) atoms. The first-order valence-corrected chi connectivity index (χ1v) is 4.16. The van der Waals surface area contributed by atoms with Gasteiger partial charge in [-0.25, -0.2) is 12.5 Å². The predicted octanol–water partition coefficient (Wildman–Crippen LogP) is 1.77. The Hall–Kier alpha value is 0.0849. The molecule has 1 aliphatic carbocycles. The minimum atomic E-state index is 0.406.